The number of sulfonamides is 1. The van der Waals surface area contributed by atoms with E-state index in [9.17, 15) is 8.42 Å². The highest BCUT2D eigenvalue weighted by atomic mass is 32.2. The molecule has 25 heavy (non-hydrogen) atoms. The molecule has 2 aromatic heterocycles. The number of hydrogen-bond acceptors (Lipinski definition) is 6. The third-order valence-electron chi connectivity index (χ3n) is 5.35. The van der Waals surface area contributed by atoms with Crippen LogP contribution in [0.4, 0.5) is 5.82 Å². The van der Waals surface area contributed by atoms with Crippen molar-refractivity contribution in [2.75, 3.05) is 30.8 Å². The van der Waals surface area contributed by atoms with E-state index in [1.807, 2.05) is 6.92 Å². The van der Waals surface area contributed by atoms with Gasteiger partial charge in [-0.1, -0.05) is 0 Å². The third kappa shape index (κ3) is 2.62. The van der Waals surface area contributed by atoms with Crippen molar-refractivity contribution in [3.05, 3.63) is 35.8 Å². The lowest BCUT2D eigenvalue weighted by Crippen LogP contribution is -2.58. The minimum absolute atomic E-state index is 0.498. The van der Waals surface area contributed by atoms with Gasteiger partial charge in [-0.2, -0.15) is 4.31 Å². The quantitative estimate of drug-likeness (QED) is 0.850. The molecule has 0 aromatic carbocycles. The van der Waals surface area contributed by atoms with Gasteiger partial charge in [-0.15, -0.1) is 0 Å². The SMILES string of the molecule is Cc1nccnc1N1CCC2(CC1)c1nc[nH]c1CCN2S(C)(=O)=O. The van der Waals surface area contributed by atoms with Gasteiger partial charge < -0.3 is 9.88 Å². The van der Waals surface area contributed by atoms with E-state index in [0.29, 0.717) is 25.8 Å². The number of aryl methyl sites for hydroxylation is 1. The summed E-state index contributed by atoms with van der Waals surface area (Å²) < 4.78 is 26.6. The van der Waals surface area contributed by atoms with Crippen molar-refractivity contribution in [3.8, 4) is 0 Å². The van der Waals surface area contributed by atoms with Gasteiger partial charge in [0.05, 0.1) is 29.5 Å². The number of fused-ring (bicyclic) bond motifs is 2. The summed E-state index contributed by atoms with van der Waals surface area (Å²) in [5.74, 6) is 0.876. The molecule has 2 aliphatic rings. The van der Waals surface area contributed by atoms with Crippen molar-refractivity contribution in [1.82, 2.24) is 24.2 Å². The second kappa shape index (κ2) is 5.77. The van der Waals surface area contributed by atoms with Crippen molar-refractivity contribution in [2.24, 2.45) is 0 Å². The van der Waals surface area contributed by atoms with Crippen molar-refractivity contribution >= 4 is 15.8 Å². The fraction of sp³-hybridized carbons (Fsp3) is 0.562. The van der Waals surface area contributed by atoms with Gasteiger partial charge in [-0.25, -0.2) is 18.4 Å². The predicted molar refractivity (Wildman–Crippen MR) is 93.7 cm³/mol. The molecule has 9 heteroatoms. The van der Waals surface area contributed by atoms with E-state index in [1.165, 1.54) is 6.26 Å². The monoisotopic (exact) mass is 362 g/mol. The maximum atomic E-state index is 12.4. The van der Waals surface area contributed by atoms with E-state index in [-0.39, 0.29) is 0 Å². The van der Waals surface area contributed by atoms with Gasteiger partial charge in [0.25, 0.3) is 0 Å². The van der Waals surface area contributed by atoms with Crippen LogP contribution in [0, 0.1) is 6.92 Å². The molecule has 4 heterocycles. The van der Waals surface area contributed by atoms with Gasteiger partial charge in [-0.3, -0.25) is 4.98 Å². The summed E-state index contributed by atoms with van der Waals surface area (Å²) in [5, 5.41) is 0. The van der Waals surface area contributed by atoms with E-state index in [4.69, 9.17) is 0 Å². The zero-order valence-corrected chi connectivity index (χ0v) is 15.3. The van der Waals surface area contributed by atoms with Crippen LogP contribution in [0.15, 0.2) is 18.7 Å². The topological polar surface area (TPSA) is 95.1 Å². The summed E-state index contributed by atoms with van der Waals surface area (Å²) in [6, 6.07) is 0. The fourth-order valence-corrected chi connectivity index (χ4v) is 5.55. The molecule has 1 fully saturated rings. The summed E-state index contributed by atoms with van der Waals surface area (Å²) in [5.41, 5.74) is 2.28. The van der Waals surface area contributed by atoms with Gasteiger partial charge in [0.15, 0.2) is 0 Å². The Balaban J connectivity index is 1.69. The van der Waals surface area contributed by atoms with Crippen molar-refractivity contribution in [2.45, 2.75) is 31.7 Å². The zero-order valence-electron chi connectivity index (χ0n) is 14.4. The van der Waals surface area contributed by atoms with Crippen LogP contribution >= 0.6 is 0 Å². The smallest absolute Gasteiger partial charge is 0.212 e. The average Bonchev–Trinajstić information content (AvgIpc) is 3.05. The Bertz CT molecular complexity index is 886. The highest BCUT2D eigenvalue weighted by molar-refractivity contribution is 7.88. The molecule has 4 rings (SSSR count). The normalized spacial score (nSPS) is 20.6. The molecule has 2 aromatic rings. The molecule has 1 spiro atoms. The van der Waals surface area contributed by atoms with Crippen molar-refractivity contribution in [1.29, 1.82) is 0 Å². The number of nitrogens with one attached hydrogen (secondary N) is 1. The molecule has 0 amide bonds. The Morgan fingerprint density at radius 1 is 1.12 bits per heavy atom. The minimum atomic E-state index is -3.31. The molecular weight excluding hydrogens is 340 g/mol. The zero-order chi connectivity index (χ0) is 17.7. The maximum Gasteiger partial charge on any atom is 0.212 e. The second-order valence-electron chi connectivity index (χ2n) is 6.80. The highest BCUT2D eigenvalue weighted by Gasteiger charge is 2.50. The van der Waals surface area contributed by atoms with Crippen LogP contribution in [0.5, 0.6) is 0 Å². The summed E-state index contributed by atoms with van der Waals surface area (Å²) >= 11 is 0. The number of piperidine rings is 1. The molecular formula is C16H22N6O2S. The molecule has 0 radical (unpaired) electrons. The van der Waals surface area contributed by atoms with Gasteiger partial charge in [0.1, 0.15) is 5.82 Å². The average molecular weight is 362 g/mol. The first kappa shape index (κ1) is 16.5. The third-order valence-corrected chi connectivity index (χ3v) is 6.68. The Kier molecular flexibility index (Phi) is 3.80. The number of H-pyrrole nitrogens is 1. The lowest BCUT2D eigenvalue weighted by atomic mass is 9.80. The standard InChI is InChI=1S/C16H22N6O2S/c1-12-15(18-7-6-17-12)21-9-4-16(5-10-21)14-13(19-11-20-14)3-8-22(16)25(2,23)24/h6-7,11H,3-5,8-10H2,1-2H3,(H,19,20). The van der Waals surface area contributed by atoms with E-state index in [1.54, 1.807) is 23.0 Å². The molecule has 1 saturated heterocycles. The molecule has 134 valence electrons. The van der Waals surface area contributed by atoms with Crippen molar-refractivity contribution < 1.29 is 8.42 Å². The van der Waals surface area contributed by atoms with Gasteiger partial charge in [-0.05, 0) is 19.8 Å². The summed E-state index contributed by atoms with van der Waals surface area (Å²) in [4.78, 5) is 18.6. The van der Waals surface area contributed by atoms with Gasteiger partial charge >= 0.3 is 0 Å². The molecule has 2 aliphatic heterocycles. The second-order valence-corrected chi connectivity index (χ2v) is 8.71. The maximum absolute atomic E-state index is 12.4. The highest BCUT2D eigenvalue weighted by Crippen LogP contribution is 2.44. The number of anilines is 1. The first-order chi connectivity index (χ1) is 11.9. The minimum Gasteiger partial charge on any atom is -0.355 e. The number of imidazole rings is 1. The van der Waals surface area contributed by atoms with E-state index < -0.39 is 15.6 Å². The van der Waals surface area contributed by atoms with Crippen LogP contribution in [-0.2, 0) is 22.0 Å². The van der Waals surface area contributed by atoms with Crippen LogP contribution in [-0.4, -0.2) is 58.5 Å². The largest absolute Gasteiger partial charge is 0.355 e. The Morgan fingerprint density at radius 2 is 1.84 bits per heavy atom. The number of aromatic nitrogens is 4. The van der Waals surface area contributed by atoms with Crippen molar-refractivity contribution in [3.63, 3.8) is 0 Å². The number of rotatable bonds is 2. The molecule has 0 bridgehead atoms. The fourth-order valence-electron chi connectivity index (χ4n) is 4.23. The first-order valence-electron chi connectivity index (χ1n) is 8.45. The van der Waals surface area contributed by atoms with Crippen LogP contribution in [0.3, 0.4) is 0 Å². The lowest BCUT2D eigenvalue weighted by molar-refractivity contribution is 0.128. The predicted octanol–water partition coefficient (Wildman–Crippen LogP) is 0.822. The number of aromatic amines is 1. The van der Waals surface area contributed by atoms with Gasteiger partial charge in [0.2, 0.25) is 10.0 Å². The van der Waals surface area contributed by atoms with Crippen LogP contribution < -0.4 is 4.90 Å². The number of nitrogens with zero attached hydrogens (tertiary/aromatic N) is 5. The first-order valence-corrected chi connectivity index (χ1v) is 10.3. The van der Waals surface area contributed by atoms with Crippen LogP contribution in [0.25, 0.3) is 0 Å². The Labute approximate surface area is 147 Å². The van der Waals surface area contributed by atoms with Gasteiger partial charge in [0, 0.05) is 44.1 Å². The summed E-state index contributed by atoms with van der Waals surface area (Å²) in [6.45, 7) is 3.88. The molecule has 8 nitrogen and oxygen atoms in total. The summed E-state index contributed by atoms with van der Waals surface area (Å²) in [7, 11) is -3.31. The van der Waals surface area contributed by atoms with Crippen LogP contribution in [0.2, 0.25) is 0 Å². The lowest BCUT2D eigenvalue weighted by Gasteiger charge is -2.49. The molecule has 0 aliphatic carbocycles. The van der Waals surface area contributed by atoms with E-state index in [2.05, 4.69) is 24.8 Å². The van der Waals surface area contributed by atoms with E-state index in [0.717, 1.165) is 36.0 Å². The van der Waals surface area contributed by atoms with Crippen LogP contribution in [0.1, 0.15) is 29.9 Å². The molecule has 0 unspecified atom stereocenters. The summed E-state index contributed by atoms with van der Waals surface area (Å²) in [6.07, 6.45) is 8.41. The molecule has 1 N–H and O–H groups in total. The number of hydrogen-bond donors (Lipinski definition) is 1. The molecule has 0 saturated carbocycles. The molecule has 0 atom stereocenters. The Morgan fingerprint density at radius 3 is 2.52 bits per heavy atom. The van der Waals surface area contributed by atoms with E-state index >= 15 is 0 Å². The Hall–Kier alpha value is -2.00.